The number of nitrogens with zero attached hydrogens (tertiary/aromatic N) is 1. The van der Waals surface area contributed by atoms with Crippen molar-refractivity contribution in [2.24, 2.45) is 0 Å². The lowest BCUT2D eigenvalue weighted by molar-refractivity contribution is -0.120. The minimum Gasteiger partial charge on any atom is -0.484 e. The molecule has 0 N–H and O–H groups in total. The molecule has 0 aliphatic carbocycles. The predicted octanol–water partition coefficient (Wildman–Crippen LogP) is 3.71. The lowest BCUT2D eigenvalue weighted by Crippen LogP contribution is -2.31. The van der Waals surface area contributed by atoms with Crippen molar-refractivity contribution < 1.29 is 14.3 Å². The van der Waals surface area contributed by atoms with Crippen molar-refractivity contribution in [3.63, 3.8) is 0 Å². The Balaban J connectivity index is 1.90. The van der Waals surface area contributed by atoms with Crippen molar-refractivity contribution in [1.82, 2.24) is 0 Å². The minimum atomic E-state index is -0.137. The first kappa shape index (κ1) is 16.7. The number of hydrogen-bond donors (Lipinski definition) is 0. The van der Waals surface area contributed by atoms with Crippen molar-refractivity contribution in [3.8, 4) is 5.75 Å². The zero-order valence-corrected chi connectivity index (χ0v) is 13.5. The molecule has 2 aromatic carbocycles. The maximum Gasteiger partial charge on any atom is 0.264 e. The molecule has 2 rings (SSSR count). The standard InChI is InChI=1S/C19H21NO3/c1-3-7-18(21)15-10-12-17(13-11-15)23-14-19(22)20(2)16-8-5-4-6-9-16/h4-6,8-13H,3,7,14H2,1-2H3. The second kappa shape index (κ2) is 8.13. The summed E-state index contributed by atoms with van der Waals surface area (Å²) in [4.78, 5) is 25.4. The molecule has 4 heteroatoms. The van der Waals surface area contributed by atoms with E-state index < -0.39 is 0 Å². The second-order valence-corrected chi connectivity index (χ2v) is 5.27. The third kappa shape index (κ3) is 4.68. The molecule has 1 amide bonds. The van der Waals surface area contributed by atoms with Crippen molar-refractivity contribution in [2.45, 2.75) is 19.8 Å². The van der Waals surface area contributed by atoms with E-state index in [-0.39, 0.29) is 18.3 Å². The Hall–Kier alpha value is -2.62. The first-order chi connectivity index (χ1) is 11.1. The van der Waals surface area contributed by atoms with E-state index in [1.54, 1.807) is 36.2 Å². The lowest BCUT2D eigenvalue weighted by Gasteiger charge is -2.17. The number of likely N-dealkylation sites (N-methyl/N-ethyl adjacent to an activating group) is 1. The molecule has 0 spiro atoms. The van der Waals surface area contributed by atoms with E-state index in [2.05, 4.69) is 0 Å². The van der Waals surface area contributed by atoms with Crippen LogP contribution in [0.2, 0.25) is 0 Å². The Morgan fingerprint density at radius 3 is 2.26 bits per heavy atom. The van der Waals surface area contributed by atoms with Crippen LogP contribution in [-0.2, 0) is 4.79 Å². The quantitative estimate of drug-likeness (QED) is 0.732. The summed E-state index contributed by atoms with van der Waals surface area (Å²) in [6.45, 7) is 1.93. The van der Waals surface area contributed by atoms with Gasteiger partial charge < -0.3 is 9.64 Å². The Morgan fingerprint density at radius 1 is 1.00 bits per heavy atom. The van der Waals surface area contributed by atoms with Crippen LogP contribution in [0.25, 0.3) is 0 Å². The molecule has 0 aliphatic rings. The van der Waals surface area contributed by atoms with Crippen molar-refractivity contribution in [1.29, 1.82) is 0 Å². The lowest BCUT2D eigenvalue weighted by atomic mass is 10.1. The molecule has 0 unspecified atom stereocenters. The molecule has 23 heavy (non-hydrogen) atoms. The van der Waals surface area contributed by atoms with Gasteiger partial charge in [0.1, 0.15) is 5.75 Å². The van der Waals surface area contributed by atoms with Crippen LogP contribution in [0.3, 0.4) is 0 Å². The Bertz CT molecular complexity index is 650. The van der Waals surface area contributed by atoms with Crippen LogP contribution < -0.4 is 9.64 Å². The van der Waals surface area contributed by atoms with Crippen LogP contribution in [0.15, 0.2) is 54.6 Å². The molecule has 0 saturated heterocycles. The van der Waals surface area contributed by atoms with Crippen LogP contribution in [0.5, 0.6) is 5.75 Å². The number of para-hydroxylation sites is 1. The smallest absolute Gasteiger partial charge is 0.264 e. The number of ketones is 1. The van der Waals surface area contributed by atoms with Crippen LogP contribution in [-0.4, -0.2) is 25.3 Å². The van der Waals surface area contributed by atoms with E-state index >= 15 is 0 Å². The summed E-state index contributed by atoms with van der Waals surface area (Å²) in [7, 11) is 1.72. The number of carbonyl (C=O) groups is 2. The monoisotopic (exact) mass is 311 g/mol. The van der Waals surface area contributed by atoms with Crippen molar-refractivity contribution in [2.75, 3.05) is 18.6 Å². The van der Waals surface area contributed by atoms with E-state index in [9.17, 15) is 9.59 Å². The number of anilines is 1. The molecule has 120 valence electrons. The molecule has 0 fully saturated rings. The van der Waals surface area contributed by atoms with E-state index in [1.807, 2.05) is 37.3 Å². The summed E-state index contributed by atoms with van der Waals surface area (Å²) in [6, 6.07) is 16.3. The SMILES string of the molecule is CCCC(=O)c1ccc(OCC(=O)N(C)c2ccccc2)cc1. The largest absolute Gasteiger partial charge is 0.484 e. The maximum absolute atomic E-state index is 12.1. The molecule has 0 bridgehead atoms. The summed E-state index contributed by atoms with van der Waals surface area (Å²) >= 11 is 0. The normalized spacial score (nSPS) is 10.2. The fourth-order valence-corrected chi connectivity index (χ4v) is 2.15. The van der Waals surface area contributed by atoms with E-state index in [1.165, 1.54) is 0 Å². The molecular weight excluding hydrogens is 290 g/mol. The van der Waals surface area contributed by atoms with Gasteiger partial charge in [-0.05, 0) is 42.8 Å². The van der Waals surface area contributed by atoms with Gasteiger partial charge in [-0.1, -0.05) is 25.1 Å². The zero-order valence-electron chi connectivity index (χ0n) is 13.5. The molecule has 0 saturated carbocycles. The first-order valence-corrected chi connectivity index (χ1v) is 7.69. The van der Waals surface area contributed by atoms with Crippen LogP contribution in [0.1, 0.15) is 30.1 Å². The fraction of sp³-hybridized carbons (Fsp3) is 0.263. The van der Waals surface area contributed by atoms with Crippen LogP contribution in [0, 0.1) is 0 Å². The van der Waals surface area contributed by atoms with Crippen LogP contribution >= 0.6 is 0 Å². The van der Waals surface area contributed by atoms with Gasteiger partial charge in [-0.25, -0.2) is 0 Å². The second-order valence-electron chi connectivity index (χ2n) is 5.27. The first-order valence-electron chi connectivity index (χ1n) is 7.69. The van der Waals surface area contributed by atoms with Gasteiger partial charge in [-0.2, -0.15) is 0 Å². The van der Waals surface area contributed by atoms with Gasteiger partial charge in [0.25, 0.3) is 5.91 Å². The molecule has 0 heterocycles. The van der Waals surface area contributed by atoms with Crippen LogP contribution in [0.4, 0.5) is 5.69 Å². The molecule has 0 aliphatic heterocycles. The van der Waals surface area contributed by atoms with Gasteiger partial charge in [-0.15, -0.1) is 0 Å². The van der Waals surface area contributed by atoms with Crippen molar-refractivity contribution in [3.05, 3.63) is 60.2 Å². The predicted molar refractivity (Wildman–Crippen MR) is 91.0 cm³/mol. The third-order valence-electron chi connectivity index (χ3n) is 3.53. The third-order valence-corrected chi connectivity index (χ3v) is 3.53. The highest BCUT2D eigenvalue weighted by molar-refractivity contribution is 5.96. The number of hydrogen-bond acceptors (Lipinski definition) is 3. The molecule has 2 aromatic rings. The molecule has 4 nitrogen and oxygen atoms in total. The molecule has 0 atom stereocenters. The summed E-state index contributed by atoms with van der Waals surface area (Å²) in [5.74, 6) is 0.564. The Kier molecular flexibility index (Phi) is 5.92. The van der Waals surface area contributed by atoms with Gasteiger partial charge in [0.05, 0.1) is 0 Å². The van der Waals surface area contributed by atoms with Crippen molar-refractivity contribution >= 4 is 17.4 Å². The number of amides is 1. The highest BCUT2D eigenvalue weighted by atomic mass is 16.5. The van der Waals surface area contributed by atoms with Gasteiger partial charge in [0.2, 0.25) is 0 Å². The van der Waals surface area contributed by atoms with E-state index in [0.29, 0.717) is 17.7 Å². The number of ether oxygens (including phenoxy) is 1. The fourth-order valence-electron chi connectivity index (χ4n) is 2.15. The molecule has 0 aromatic heterocycles. The average Bonchev–Trinajstić information content (AvgIpc) is 2.60. The number of rotatable bonds is 7. The maximum atomic E-state index is 12.1. The van der Waals surface area contributed by atoms with Gasteiger partial charge in [0.15, 0.2) is 12.4 Å². The highest BCUT2D eigenvalue weighted by Gasteiger charge is 2.11. The summed E-state index contributed by atoms with van der Waals surface area (Å²) < 4.78 is 5.50. The molecule has 0 radical (unpaired) electrons. The number of carbonyl (C=O) groups excluding carboxylic acids is 2. The van der Waals surface area contributed by atoms with E-state index in [0.717, 1.165) is 12.1 Å². The number of Topliss-reactive ketones (excluding diaryl/α,β-unsaturated/α-hetero) is 1. The Labute approximate surface area is 136 Å². The number of benzene rings is 2. The Morgan fingerprint density at radius 2 is 1.65 bits per heavy atom. The summed E-state index contributed by atoms with van der Waals surface area (Å²) in [6.07, 6.45) is 1.37. The summed E-state index contributed by atoms with van der Waals surface area (Å²) in [5.41, 5.74) is 1.49. The van der Waals surface area contributed by atoms with E-state index in [4.69, 9.17) is 4.74 Å². The minimum absolute atomic E-state index is 0.0480. The highest BCUT2D eigenvalue weighted by Crippen LogP contribution is 2.15. The zero-order chi connectivity index (χ0) is 16.7. The van der Waals surface area contributed by atoms with Gasteiger partial charge >= 0.3 is 0 Å². The van der Waals surface area contributed by atoms with Gasteiger partial charge in [0, 0.05) is 24.7 Å². The summed E-state index contributed by atoms with van der Waals surface area (Å²) in [5, 5.41) is 0. The topological polar surface area (TPSA) is 46.6 Å². The molecular formula is C19H21NO3. The average molecular weight is 311 g/mol. The van der Waals surface area contributed by atoms with Gasteiger partial charge in [-0.3, -0.25) is 9.59 Å².